The molecule has 2 heterocycles. The van der Waals surface area contributed by atoms with Crippen LogP contribution >= 0.6 is 11.6 Å². The molecule has 0 saturated carbocycles. The zero-order valence-corrected chi connectivity index (χ0v) is 10.7. The summed E-state index contributed by atoms with van der Waals surface area (Å²) in [5, 5.41) is 11.3. The Bertz CT molecular complexity index is 346. The Kier molecular flexibility index (Phi) is 4.53. The first-order chi connectivity index (χ1) is 8.28. The number of nitrogens with one attached hydrogen (secondary N) is 1. The second kappa shape index (κ2) is 6.14. The van der Waals surface area contributed by atoms with Gasteiger partial charge < -0.3 is 10.1 Å². The highest BCUT2D eigenvalue weighted by Crippen LogP contribution is 2.08. The van der Waals surface area contributed by atoms with Gasteiger partial charge in [0.25, 0.3) is 0 Å². The molecule has 17 heavy (non-hydrogen) atoms. The predicted molar refractivity (Wildman–Crippen MR) is 67.4 cm³/mol. The van der Waals surface area contributed by atoms with Crippen molar-refractivity contribution in [1.82, 2.24) is 15.1 Å². The molecule has 2 rings (SSSR count). The maximum Gasteiger partial charge on any atom is 0.151 e. The van der Waals surface area contributed by atoms with Gasteiger partial charge in [-0.25, -0.2) is 0 Å². The van der Waals surface area contributed by atoms with Gasteiger partial charge in [0.15, 0.2) is 5.15 Å². The SMILES string of the molecule is CCN1CCOC(CNc2ccc(Cl)nn2)C1. The minimum Gasteiger partial charge on any atom is -0.374 e. The molecule has 1 unspecified atom stereocenters. The molecule has 1 aliphatic heterocycles. The molecule has 0 amide bonds. The highest BCUT2D eigenvalue weighted by atomic mass is 35.5. The van der Waals surface area contributed by atoms with E-state index in [1.54, 1.807) is 6.07 Å². The molecule has 1 atom stereocenters. The van der Waals surface area contributed by atoms with Crippen LogP contribution in [0, 0.1) is 0 Å². The maximum absolute atomic E-state index is 5.68. The fourth-order valence-electron chi connectivity index (χ4n) is 1.82. The maximum atomic E-state index is 5.68. The standard InChI is InChI=1S/C11H17ClN4O/c1-2-16-5-6-17-9(8-16)7-13-11-4-3-10(12)14-15-11/h3-4,9H,2,5-8H2,1H3,(H,13,15). The monoisotopic (exact) mass is 256 g/mol. The van der Waals surface area contributed by atoms with Crippen molar-refractivity contribution in [2.24, 2.45) is 0 Å². The van der Waals surface area contributed by atoms with Crippen molar-refractivity contribution in [1.29, 1.82) is 0 Å². The quantitative estimate of drug-likeness (QED) is 0.879. The summed E-state index contributed by atoms with van der Waals surface area (Å²) >= 11 is 5.67. The molecule has 0 bridgehead atoms. The van der Waals surface area contributed by atoms with Crippen LogP contribution in [0.3, 0.4) is 0 Å². The molecular weight excluding hydrogens is 240 g/mol. The second-order valence-corrected chi connectivity index (χ2v) is 4.40. The molecule has 94 valence electrons. The summed E-state index contributed by atoms with van der Waals surface area (Å²) in [7, 11) is 0. The Morgan fingerprint density at radius 1 is 1.53 bits per heavy atom. The van der Waals surface area contributed by atoms with Crippen LogP contribution < -0.4 is 5.32 Å². The Labute approximate surface area is 106 Å². The van der Waals surface area contributed by atoms with Crippen molar-refractivity contribution >= 4 is 17.4 Å². The van der Waals surface area contributed by atoms with Gasteiger partial charge in [0.1, 0.15) is 5.82 Å². The fraction of sp³-hybridized carbons (Fsp3) is 0.636. The second-order valence-electron chi connectivity index (χ2n) is 4.01. The van der Waals surface area contributed by atoms with Gasteiger partial charge in [-0.15, -0.1) is 10.2 Å². The molecular formula is C11H17ClN4O. The van der Waals surface area contributed by atoms with Gasteiger partial charge in [0, 0.05) is 19.6 Å². The van der Waals surface area contributed by atoms with Gasteiger partial charge in [-0.1, -0.05) is 18.5 Å². The Morgan fingerprint density at radius 3 is 3.12 bits per heavy atom. The molecule has 1 aromatic rings. The van der Waals surface area contributed by atoms with Crippen molar-refractivity contribution in [3.05, 3.63) is 17.3 Å². The molecule has 1 N–H and O–H groups in total. The summed E-state index contributed by atoms with van der Waals surface area (Å²) in [4.78, 5) is 2.38. The van der Waals surface area contributed by atoms with Crippen molar-refractivity contribution in [3.8, 4) is 0 Å². The summed E-state index contributed by atoms with van der Waals surface area (Å²) < 4.78 is 5.68. The van der Waals surface area contributed by atoms with Crippen molar-refractivity contribution in [2.75, 3.05) is 38.1 Å². The van der Waals surface area contributed by atoms with E-state index >= 15 is 0 Å². The summed E-state index contributed by atoms with van der Waals surface area (Å²) in [6.45, 7) is 6.76. The zero-order chi connectivity index (χ0) is 12.1. The lowest BCUT2D eigenvalue weighted by atomic mass is 10.2. The third-order valence-corrected chi connectivity index (χ3v) is 3.01. The molecule has 0 aromatic carbocycles. The fourth-order valence-corrected chi connectivity index (χ4v) is 1.92. The number of likely N-dealkylation sites (N-methyl/N-ethyl adjacent to an activating group) is 1. The van der Waals surface area contributed by atoms with E-state index in [1.807, 2.05) is 6.07 Å². The number of rotatable bonds is 4. The van der Waals surface area contributed by atoms with Crippen molar-refractivity contribution in [2.45, 2.75) is 13.0 Å². The highest BCUT2D eigenvalue weighted by molar-refractivity contribution is 6.29. The summed E-state index contributed by atoms with van der Waals surface area (Å²) in [6.07, 6.45) is 0.209. The van der Waals surface area contributed by atoms with E-state index in [0.29, 0.717) is 5.15 Å². The lowest BCUT2D eigenvalue weighted by Crippen LogP contribution is -2.45. The van der Waals surface area contributed by atoms with Crippen LogP contribution in [-0.4, -0.2) is 54.0 Å². The normalized spacial score (nSPS) is 21.4. The number of halogens is 1. The van der Waals surface area contributed by atoms with Gasteiger partial charge in [-0.3, -0.25) is 4.90 Å². The highest BCUT2D eigenvalue weighted by Gasteiger charge is 2.18. The van der Waals surface area contributed by atoms with E-state index < -0.39 is 0 Å². The van der Waals surface area contributed by atoms with Crippen molar-refractivity contribution in [3.63, 3.8) is 0 Å². The molecule has 5 nitrogen and oxygen atoms in total. The van der Waals surface area contributed by atoms with E-state index in [0.717, 1.165) is 38.6 Å². The molecule has 1 fully saturated rings. The molecule has 1 aliphatic rings. The van der Waals surface area contributed by atoms with Crippen LogP contribution in [0.2, 0.25) is 5.15 Å². The average molecular weight is 257 g/mol. The van der Waals surface area contributed by atoms with E-state index in [9.17, 15) is 0 Å². The summed E-state index contributed by atoms with van der Waals surface area (Å²) in [5.41, 5.74) is 0. The zero-order valence-electron chi connectivity index (χ0n) is 9.90. The summed E-state index contributed by atoms with van der Waals surface area (Å²) in [5.74, 6) is 0.728. The number of aromatic nitrogens is 2. The molecule has 1 saturated heterocycles. The molecule has 6 heteroatoms. The number of morpholine rings is 1. The topological polar surface area (TPSA) is 50.3 Å². The van der Waals surface area contributed by atoms with Crippen LogP contribution in [0.25, 0.3) is 0 Å². The Morgan fingerprint density at radius 2 is 2.41 bits per heavy atom. The number of ether oxygens (including phenoxy) is 1. The Hall–Kier alpha value is -0.910. The van der Waals surface area contributed by atoms with Gasteiger partial charge in [-0.05, 0) is 18.7 Å². The van der Waals surface area contributed by atoms with Gasteiger partial charge in [0.2, 0.25) is 0 Å². The van der Waals surface area contributed by atoms with E-state index in [-0.39, 0.29) is 6.10 Å². The molecule has 1 aromatic heterocycles. The van der Waals surface area contributed by atoms with Gasteiger partial charge in [0.05, 0.1) is 12.7 Å². The lowest BCUT2D eigenvalue weighted by molar-refractivity contribution is -0.0192. The van der Waals surface area contributed by atoms with E-state index in [1.165, 1.54) is 0 Å². The van der Waals surface area contributed by atoms with Crippen LogP contribution in [0.5, 0.6) is 0 Å². The average Bonchev–Trinajstić information content (AvgIpc) is 2.38. The number of hydrogen-bond acceptors (Lipinski definition) is 5. The smallest absolute Gasteiger partial charge is 0.151 e. The molecule has 0 aliphatic carbocycles. The van der Waals surface area contributed by atoms with Gasteiger partial charge >= 0.3 is 0 Å². The van der Waals surface area contributed by atoms with E-state index in [2.05, 4.69) is 27.3 Å². The molecule has 0 radical (unpaired) electrons. The van der Waals surface area contributed by atoms with Crippen molar-refractivity contribution < 1.29 is 4.74 Å². The van der Waals surface area contributed by atoms with Crippen LogP contribution in [0.1, 0.15) is 6.92 Å². The summed E-state index contributed by atoms with van der Waals surface area (Å²) in [6, 6.07) is 3.53. The minimum atomic E-state index is 0.209. The first-order valence-electron chi connectivity index (χ1n) is 5.85. The third-order valence-electron chi connectivity index (χ3n) is 2.81. The van der Waals surface area contributed by atoms with Gasteiger partial charge in [-0.2, -0.15) is 0 Å². The minimum absolute atomic E-state index is 0.209. The third kappa shape index (κ3) is 3.80. The van der Waals surface area contributed by atoms with Crippen LogP contribution in [-0.2, 0) is 4.74 Å². The lowest BCUT2D eigenvalue weighted by Gasteiger charge is -2.32. The number of hydrogen-bond donors (Lipinski definition) is 1. The van der Waals surface area contributed by atoms with E-state index in [4.69, 9.17) is 16.3 Å². The largest absolute Gasteiger partial charge is 0.374 e. The Balaban J connectivity index is 1.79. The van der Waals surface area contributed by atoms with Crippen LogP contribution in [0.15, 0.2) is 12.1 Å². The number of nitrogens with zero attached hydrogens (tertiary/aromatic N) is 3. The molecule has 0 spiro atoms. The van der Waals surface area contributed by atoms with Crippen LogP contribution in [0.4, 0.5) is 5.82 Å². The predicted octanol–water partition coefficient (Wildman–Crippen LogP) is 1.26. The first kappa shape index (κ1) is 12.5. The first-order valence-corrected chi connectivity index (χ1v) is 6.23. The number of anilines is 1.